The van der Waals surface area contributed by atoms with Crippen molar-refractivity contribution in [2.75, 3.05) is 50.0 Å². The molecule has 0 bridgehead atoms. The van der Waals surface area contributed by atoms with Gasteiger partial charge in [0.2, 0.25) is 5.95 Å². The molecule has 1 saturated heterocycles. The first-order valence-electron chi connectivity index (χ1n) is 8.78. The van der Waals surface area contributed by atoms with E-state index in [4.69, 9.17) is 4.74 Å². The van der Waals surface area contributed by atoms with Crippen molar-refractivity contribution >= 4 is 11.8 Å². The molecule has 1 aromatic heterocycles. The Kier molecular flexibility index (Phi) is 6.46. The normalized spacial score (nSPS) is 15.5. The Morgan fingerprint density at radius 3 is 2.70 bits per heavy atom. The number of nitrogens with zero attached hydrogens (tertiary/aromatic N) is 3. The van der Waals surface area contributed by atoms with Gasteiger partial charge < -0.3 is 15.4 Å². The fraction of sp³-hybridized carbons (Fsp3) is 0.444. The van der Waals surface area contributed by atoms with E-state index in [-0.39, 0.29) is 6.54 Å². The molecule has 27 heavy (non-hydrogen) atoms. The van der Waals surface area contributed by atoms with Crippen LogP contribution in [0.3, 0.4) is 0 Å². The van der Waals surface area contributed by atoms with Crippen molar-refractivity contribution in [3.63, 3.8) is 0 Å². The maximum absolute atomic E-state index is 12.8. The molecule has 0 unspecified atom stereocenters. The number of ether oxygens (including phenoxy) is 1. The third-order valence-corrected chi connectivity index (χ3v) is 4.20. The first kappa shape index (κ1) is 19.4. The van der Waals surface area contributed by atoms with Gasteiger partial charge in [-0.2, -0.15) is 18.2 Å². The predicted octanol–water partition coefficient (Wildman–Crippen LogP) is 2.85. The number of alkyl halides is 3. The fourth-order valence-electron chi connectivity index (χ4n) is 2.74. The number of hydrogen-bond acceptors (Lipinski definition) is 6. The van der Waals surface area contributed by atoms with Gasteiger partial charge in [0.1, 0.15) is 5.82 Å². The number of benzene rings is 1. The SMILES string of the molecule is FC(F)(F)c1cccc(CNc2ccnc(NCCN3CCOCC3)n2)c1. The average Bonchev–Trinajstić information content (AvgIpc) is 2.67. The van der Waals surface area contributed by atoms with Crippen LogP contribution in [-0.4, -0.2) is 54.3 Å². The maximum Gasteiger partial charge on any atom is 0.416 e. The molecule has 9 heteroatoms. The fourth-order valence-corrected chi connectivity index (χ4v) is 2.74. The lowest BCUT2D eigenvalue weighted by atomic mass is 10.1. The summed E-state index contributed by atoms with van der Waals surface area (Å²) in [6, 6.07) is 6.92. The van der Waals surface area contributed by atoms with Crippen LogP contribution < -0.4 is 10.6 Å². The molecule has 1 aromatic carbocycles. The lowest BCUT2D eigenvalue weighted by molar-refractivity contribution is -0.137. The molecule has 6 nitrogen and oxygen atoms in total. The standard InChI is InChI=1S/C18H22F3N5O/c19-18(20,21)15-3-1-2-14(12-15)13-24-16-4-5-22-17(25-16)23-6-7-26-8-10-27-11-9-26/h1-5,12H,6-11,13H2,(H2,22,23,24,25). The van der Waals surface area contributed by atoms with Gasteiger partial charge >= 0.3 is 6.18 Å². The van der Waals surface area contributed by atoms with E-state index in [0.717, 1.165) is 45.0 Å². The molecule has 1 fully saturated rings. The number of rotatable bonds is 7. The number of nitrogens with one attached hydrogen (secondary N) is 2. The van der Waals surface area contributed by atoms with E-state index in [1.165, 1.54) is 6.07 Å². The van der Waals surface area contributed by atoms with Crippen molar-refractivity contribution in [1.29, 1.82) is 0 Å². The quantitative estimate of drug-likeness (QED) is 0.769. The number of anilines is 2. The van der Waals surface area contributed by atoms with Gasteiger partial charge in [-0.15, -0.1) is 0 Å². The highest BCUT2D eigenvalue weighted by molar-refractivity contribution is 5.40. The van der Waals surface area contributed by atoms with Gasteiger partial charge in [-0.05, 0) is 23.8 Å². The highest BCUT2D eigenvalue weighted by Crippen LogP contribution is 2.29. The molecule has 2 aromatic rings. The number of morpholine rings is 1. The van der Waals surface area contributed by atoms with E-state index < -0.39 is 11.7 Å². The minimum atomic E-state index is -4.34. The molecule has 0 atom stereocenters. The zero-order valence-electron chi connectivity index (χ0n) is 14.8. The first-order chi connectivity index (χ1) is 13.0. The molecule has 1 aliphatic rings. The van der Waals surface area contributed by atoms with E-state index in [2.05, 4.69) is 25.5 Å². The Morgan fingerprint density at radius 1 is 1.11 bits per heavy atom. The van der Waals surface area contributed by atoms with Crippen LogP contribution in [-0.2, 0) is 17.5 Å². The highest BCUT2D eigenvalue weighted by Gasteiger charge is 2.30. The third kappa shape index (κ3) is 6.07. The summed E-state index contributed by atoms with van der Waals surface area (Å²) in [6.07, 6.45) is -2.74. The molecule has 2 N–H and O–H groups in total. The average molecular weight is 381 g/mol. The molecular weight excluding hydrogens is 359 g/mol. The van der Waals surface area contributed by atoms with Crippen LogP contribution >= 0.6 is 0 Å². The topological polar surface area (TPSA) is 62.3 Å². The van der Waals surface area contributed by atoms with Gasteiger partial charge in [0.15, 0.2) is 0 Å². The highest BCUT2D eigenvalue weighted by atomic mass is 19.4. The maximum atomic E-state index is 12.8. The summed E-state index contributed by atoms with van der Waals surface area (Å²) >= 11 is 0. The summed E-state index contributed by atoms with van der Waals surface area (Å²) < 4.78 is 43.6. The molecule has 2 heterocycles. The van der Waals surface area contributed by atoms with Crippen molar-refractivity contribution < 1.29 is 17.9 Å². The number of aromatic nitrogens is 2. The summed E-state index contributed by atoms with van der Waals surface area (Å²) in [4.78, 5) is 10.8. The second-order valence-electron chi connectivity index (χ2n) is 6.20. The Bertz CT molecular complexity index is 735. The van der Waals surface area contributed by atoms with Gasteiger partial charge in [-0.3, -0.25) is 4.90 Å². The van der Waals surface area contributed by atoms with Crippen LogP contribution in [0.5, 0.6) is 0 Å². The van der Waals surface area contributed by atoms with Crippen molar-refractivity contribution in [2.45, 2.75) is 12.7 Å². The second-order valence-corrected chi connectivity index (χ2v) is 6.20. The molecule has 146 valence electrons. The summed E-state index contributed by atoms with van der Waals surface area (Å²) in [6.45, 7) is 5.17. The lowest BCUT2D eigenvalue weighted by Crippen LogP contribution is -2.39. The molecule has 0 spiro atoms. The van der Waals surface area contributed by atoms with Crippen molar-refractivity contribution in [3.05, 3.63) is 47.7 Å². The van der Waals surface area contributed by atoms with Gasteiger partial charge in [-0.25, -0.2) is 4.98 Å². The Hall–Kier alpha value is -2.39. The number of hydrogen-bond donors (Lipinski definition) is 2. The van der Waals surface area contributed by atoms with Crippen molar-refractivity contribution in [3.8, 4) is 0 Å². The molecule has 0 aliphatic carbocycles. The van der Waals surface area contributed by atoms with E-state index >= 15 is 0 Å². The van der Waals surface area contributed by atoms with Crippen LogP contribution in [0.15, 0.2) is 36.5 Å². The zero-order chi connectivity index (χ0) is 19.1. The van der Waals surface area contributed by atoms with Gasteiger partial charge in [0.25, 0.3) is 0 Å². The van der Waals surface area contributed by atoms with Crippen LogP contribution in [0.1, 0.15) is 11.1 Å². The Balaban J connectivity index is 1.50. The zero-order valence-corrected chi connectivity index (χ0v) is 14.8. The Morgan fingerprint density at radius 2 is 1.93 bits per heavy atom. The summed E-state index contributed by atoms with van der Waals surface area (Å²) in [5.41, 5.74) is -0.125. The second kappa shape index (κ2) is 9.01. The molecule has 1 aliphatic heterocycles. The van der Waals surface area contributed by atoms with Gasteiger partial charge in [0.05, 0.1) is 18.8 Å². The van der Waals surface area contributed by atoms with Crippen molar-refractivity contribution in [1.82, 2.24) is 14.9 Å². The molecule has 3 rings (SSSR count). The van der Waals surface area contributed by atoms with E-state index in [1.54, 1.807) is 18.3 Å². The smallest absolute Gasteiger partial charge is 0.379 e. The largest absolute Gasteiger partial charge is 0.416 e. The van der Waals surface area contributed by atoms with Crippen LogP contribution in [0.4, 0.5) is 24.9 Å². The first-order valence-corrected chi connectivity index (χ1v) is 8.78. The molecular formula is C18H22F3N5O. The summed E-state index contributed by atoms with van der Waals surface area (Å²) in [7, 11) is 0. The third-order valence-electron chi connectivity index (χ3n) is 4.20. The van der Waals surface area contributed by atoms with Crippen LogP contribution in [0.2, 0.25) is 0 Å². The van der Waals surface area contributed by atoms with Gasteiger partial charge in [0, 0.05) is 38.9 Å². The molecule has 0 radical (unpaired) electrons. The van der Waals surface area contributed by atoms with E-state index in [0.29, 0.717) is 23.9 Å². The molecule has 0 saturated carbocycles. The Labute approximate surface area is 155 Å². The van der Waals surface area contributed by atoms with Gasteiger partial charge in [-0.1, -0.05) is 12.1 Å². The number of halogens is 3. The van der Waals surface area contributed by atoms with Crippen LogP contribution in [0.25, 0.3) is 0 Å². The van der Waals surface area contributed by atoms with Crippen LogP contribution in [0, 0.1) is 0 Å². The van der Waals surface area contributed by atoms with E-state index in [1.807, 2.05) is 0 Å². The van der Waals surface area contributed by atoms with Crippen molar-refractivity contribution in [2.24, 2.45) is 0 Å². The minimum absolute atomic E-state index is 0.244. The van der Waals surface area contributed by atoms with E-state index in [9.17, 15) is 13.2 Å². The summed E-state index contributed by atoms with van der Waals surface area (Å²) in [5, 5.41) is 6.20. The monoisotopic (exact) mass is 381 g/mol. The lowest BCUT2D eigenvalue weighted by Gasteiger charge is -2.26. The predicted molar refractivity (Wildman–Crippen MR) is 96.6 cm³/mol. The molecule has 0 amide bonds. The summed E-state index contributed by atoms with van der Waals surface area (Å²) in [5.74, 6) is 1.04. The minimum Gasteiger partial charge on any atom is -0.379 e.